The number of anilines is 1. The molecular formula is C13H16N2O3S. The minimum atomic E-state index is -1.05. The van der Waals surface area contributed by atoms with Crippen LogP contribution >= 0.6 is 11.8 Å². The van der Waals surface area contributed by atoms with Crippen LogP contribution < -0.4 is 5.73 Å². The first-order valence-electron chi connectivity index (χ1n) is 6.12. The van der Waals surface area contributed by atoms with Crippen molar-refractivity contribution in [2.45, 2.75) is 17.7 Å². The van der Waals surface area contributed by atoms with Crippen molar-refractivity contribution in [3.05, 3.63) is 23.8 Å². The molecule has 6 heteroatoms. The third kappa shape index (κ3) is 3.20. The lowest BCUT2D eigenvalue weighted by Gasteiger charge is -2.15. The van der Waals surface area contributed by atoms with Crippen LogP contribution in [0.25, 0.3) is 0 Å². The van der Waals surface area contributed by atoms with Crippen LogP contribution in [-0.2, 0) is 4.79 Å². The van der Waals surface area contributed by atoms with Crippen molar-refractivity contribution in [3.8, 4) is 0 Å². The summed E-state index contributed by atoms with van der Waals surface area (Å²) in [5.41, 5.74) is 6.11. The molecule has 1 amide bonds. The Hall–Kier alpha value is -1.69. The zero-order valence-electron chi connectivity index (χ0n) is 10.5. The van der Waals surface area contributed by atoms with Crippen LogP contribution in [0.5, 0.6) is 0 Å². The average molecular weight is 280 g/mol. The van der Waals surface area contributed by atoms with Gasteiger partial charge in [0.05, 0.1) is 17.0 Å². The maximum absolute atomic E-state index is 11.9. The maximum Gasteiger partial charge on any atom is 0.337 e. The Bertz CT molecular complexity index is 499. The Morgan fingerprint density at radius 3 is 2.63 bits per heavy atom. The summed E-state index contributed by atoms with van der Waals surface area (Å²) in [7, 11) is 0. The van der Waals surface area contributed by atoms with E-state index in [0.717, 1.165) is 25.9 Å². The molecule has 102 valence electrons. The van der Waals surface area contributed by atoms with E-state index in [4.69, 9.17) is 10.8 Å². The molecule has 0 spiro atoms. The summed E-state index contributed by atoms with van der Waals surface area (Å²) in [5.74, 6) is -0.666. The van der Waals surface area contributed by atoms with Gasteiger partial charge >= 0.3 is 5.97 Å². The van der Waals surface area contributed by atoms with E-state index in [1.807, 2.05) is 4.90 Å². The molecule has 1 heterocycles. The highest BCUT2D eigenvalue weighted by Gasteiger charge is 2.19. The largest absolute Gasteiger partial charge is 0.478 e. The monoisotopic (exact) mass is 280 g/mol. The molecule has 19 heavy (non-hydrogen) atoms. The highest BCUT2D eigenvalue weighted by atomic mass is 32.2. The molecule has 0 aliphatic carbocycles. The Morgan fingerprint density at radius 2 is 2.00 bits per heavy atom. The average Bonchev–Trinajstić information content (AvgIpc) is 2.90. The summed E-state index contributed by atoms with van der Waals surface area (Å²) < 4.78 is 0. The molecule has 0 radical (unpaired) electrons. The number of carboxylic acid groups (broad SMARTS) is 1. The smallest absolute Gasteiger partial charge is 0.337 e. The standard InChI is InChI=1S/C13H16N2O3S/c14-12-9(13(17)18)4-3-5-10(12)19-8-11(16)15-6-1-2-7-15/h3-5H,1-2,6-8,14H2,(H,17,18). The Labute approximate surface area is 115 Å². The van der Waals surface area contributed by atoms with E-state index < -0.39 is 5.97 Å². The lowest BCUT2D eigenvalue weighted by atomic mass is 10.2. The number of carbonyl (C=O) groups is 2. The molecule has 1 aliphatic heterocycles. The van der Waals surface area contributed by atoms with E-state index in [9.17, 15) is 9.59 Å². The van der Waals surface area contributed by atoms with Gasteiger partial charge in [-0.1, -0.05) is 6.07 Å². The number of likely N-dealkylation sites (tertiary alicyclic amines) is 1. The second kappa shape index (κ2) is 5.97. The number of benzene rings is 1. The molecule has 1 aromatic carbocycles. The molecule has 1 saturated heterocycles. The van der Waals surface area contributed by atoms with Crippen LogP contribution in [0.2, 0.25) is 0 Å². The van der Waals surface area contributed by atoms with Gasteiger partial charge in [0, 0.05) is 18.0 Å². The fraction of sp³-hybridized carbons (Fsp3) is 0.385. The van der Waals surface area contributed by atoms with Crippen molar-refractivity contribution in [2.75, 3.05) is 24.6 Å². The van der Waals surface area contributed by atoms with Crippen LogP contribution in [0.4, 0.5) is 5.69 Å². The van der Waals surface area contributed by atoms with Gasteiger partial charge in [-0.2, -0.15) is 0 Å². The van der Waals surface area contributed by atoms with E-state index >= 15 is 0 Å². The SMILES string of the molecule is Nc1c(SCC(=O)N2CCCC2)cccc1C(=O)O. The summed E-state index contributed by atoms with van der Waals surface area (Å²) in [5, 5.41) is 8.98. The van der Waals surface area contributed by atoms with E-state index in [2.05, 4.69) is 0 Å². The molecule has 2 rings (SSSR count). The molecule has 0 unspecified atom stereocenters. The topological polar surface area (TPSA) is 83.6 Å². The number of carboxylic acids is 1. The van der Waals surface area contributed by atoms with Gasteiger partial charge in [0.15, 0.2) is 0 Å². The zero-order chi connectivity index (χ0) is 13.8. The summed E-state index contributed by atoms with van der Waals surface area (Å²) >= 11 is 1.29. The molecular weight excluding hydrogens is 264 g/mol. The summed E-state index contributed by atoms with van der Waals surface area (Å²) in [6, 6.07) is 4.84. The van der Waals surface area contributed by atoms with Crippen molar-refractivity contribution in [1.29, 1.82) is 0 Å². The highest BCUT2D eigenvalue weighted by Crippen LogP contribution is 2.28. The first kappa shape index (κ1) is 13.7. The van der Waals surface area contributed by atoms with E-state index in [1.54, 1.807) is 12.1 Å². The van der Waals surface area contributed by atoms with Crippen LogP contribution in [-0.4, -0.2) is 40.7 Å². The third-order valence-corrected chi connectivity index (χ3v) is 4.16. The van der Waals surface area contributed by atoms with Crippen LogP contribution in [0.1, 0.15) is 23.2 Å². The van der Waals surface area contributed by atoms with Gasteiger partial charge in [-0.25, -0.2) is 4.79 Å². The second-order valence-corrected chi connectivity index (χ2v) is 5.42. The highest BCUT2D eigenvalue weighted by molar-refractivity contribution is 8.00. The number of carbonyl (C=O) groups excluding carboxylic acids is 1. The van der Waals surface area contributed by atoms with Crippen LogP contribution in [0, 0.1) is 0 Å². The Balaban J connectivity index is 2.01. The van der Waals surface area contributed by atoms with Crippen molar-refractivity contribution in [3.63, 3.8) is 0 Å². The van der Waals surface area contributed by atoms with Crippen molar-refractivity contribution in [2.24, 2.45) is 0 Å². The van der Waals surface area contributed by atoms with Gasteiger partial charge in [-0.15, -0.1) is 11.8 Å². The fourth-order valence-corrected chi connectivity index (χ4v) is 2.96. The third-order valence-electron chi connectivity index (χ3n) is 3.11. The normalized spacial score (nSPS) is 14.6. The predicted octanol–water partition coefficient (Wildman–Crippen LogP) is 1.68. The molecule has 5 nitrogen and oxygen atoms in total. The first-order valence-corrected chi connectivity index (χ1v) is 7.10. The number of amides is 1. The minimum Gasteiger partial charge on any atom is -0.478 e. The van der Waals surface area contributed by atoms with Gasteiger partial charge in [0.2, 0.25) is 5.91 Å². The van der Waals surface area contributed by atoms with Gasteiger partial charge in [-0.3, -0.25) is 4.79 Å². The number of nitrogens with two attached hydrogens (primary N) is 1. The fourth-order valence-electron chi connectivity index (χ4n) is 2.05. The quantitative estimate of drug-likeness (QED) is 0.647. The molecule has 0 bridgehead atoms. The summed E-state index contributed by atoms with van der Waals surface area (Å²) in [6.45, 7) is 1.65. The lowest BCUT2D eigenvalue weighted by Crippen LogP contribution is -2.29. The van der Waals surface area contributed by atoms with Crippen molar-refractivity contribution in [1.82, 2.24) is 4.90 Å². The zero-order valence-corrected chi connectivity index (χ0v) is 11.3. The number of hydrogen-bond acceptors (Lipinski definition) is 4. The van der Waals surface area contributed by atoms with Crippen molar-refractivity contribution < 1.29 is 14.7 Å². The van der Waals surface area contributed by atoms with Gasteiger partial charge < -0.3 is 15.7 Å². The minimum absolute atomic E-state index is 0.0821. The first-order chi connectivity index (χ1) is 9.09. The summed E-state index contributed by atoms with van der Waals surface area (Å²) in [4.78, 5) is 25.3. The molecule has 0 aromatic heterocycles. The Morgan fingerprint density at radius 1 is 1.32 bits per heavy atom. The molecule has 3 N–H and O–H groups in total. The van der Waals surface area contributed by atoms with Gasteiger partial charge in [0.1, 0.15) is 0 Å². The van der Waals surface area contributed by atoms with Crippen LogP contribution in [0.3, 0.4) is 0 Å². The van der Waals surface area contributed by atoms with Gasteiger partial charge in [0.25, 0.3) is 0 Å². The number of nitrogen functional groups attached to an aromatic ring is 1. The predicted molar refractivity (Wildman–Crippen MR) is 74.4 cm³/mol. The Kier molecular flexibility index (Phi) is 4.31. The summed E-state index contributed by atoms with van der Waals surface area (Å²) in [6.07, 6.45) is 2.13. The number of nitrogens with zero attached hydrogens (tertiary/aromatic N) is 1. The number of thioether (sulfide) groups is 1. The number of rotatable bonds is 4. The van der Waals surface area contributed by atoms with E-state index in [-0.39, 0.29) is 17.2 Å². The molecule has 0 saturated carbocycles. The number of para-hydroxylation sites is 1. The molecule has 1 fully saturated rings. The van der Waals surface area contributed by atoms with E-state index in [0.29, 0.717) is 10.6 Å². The van der Waals surface area contributed by atoms with Crippen LogP contribution in [0.15, 0.2) is 23.1 Å². The number of aromatic carboxylic acids is 1. The lowest BCUT2D eigenvalue weighted by molar-refractivity contribution is -0.127. The van der Waals surface area contributed by atoms with E-state index in [1.165, 1.54) is 17.8 Å². The number of hydrogen-bond donors (Lipinski definition) is 2. The molecule has 1 aromatic rings. The second-order valence-electron chi connectivity index (χ2n) is 4.40. The molecule has 0 atom stereocenters. The van der Waals surface area contributed by atoms with Crippen molar-refractivity contribution >= 4 is 29.3 Å². The molecule has 1 aliphatic rings. The maximum atomic E-state index is 11.9. The van der Waals surface area contributed by atoms with Gasteiger partial charge in [-0.05, 0) is 25.0 Å².